The summed E-state index contributed by atoms with van der Waals surface area (Å²) in [4.78, 5) is 25.8. The topological polar surface area (TPSA) is 37.4 Å². The summed E-state index contributed by atoms with van der Waals surface area (Å²) in [5.41, 5.74) is 1.10. The van der Waals surface area contributed by atoms with Crippen molar-refractivity contribution in [1.82, 2.24) is 0 Å². The minimum atomic E-state index is -0.459. The Morgan fingerprint density at radius 2 is 1.79 bits per heavy atom. The zero-order valence-corrected chi connectivity index (χ0v) is 12.0. The molecule has 100 valence electrons. The van der Waals surface area contributed by atoms with Gasteiger partial charge in [-0.25, -0.2) is 9.29 Å². The molecule has 2 bridgehead atoms. The molecule has 0 radical (unpaired) electrons. The van der Waals surface area contributed by atoms with Gasteiger partial charge in [0.15, 0.2) is 0 Å². The average Bonchev–Trinajstić information content (AvgIpc) is 2.80. The van der Waals surface area contributed by atoms with Crippen LogP contribution in [0.1, 0.15) is 24.8 Å². The number of rotatable bonds is 1. The maximum atomic E-state index is 13.7. The van der Waals surface area contributed by atoms with Gasteiger partial charge in [0.05, 0.1) is 10.2 Å². The van der Waals surface area contributed by atoms with Gasteiger partial charge in [-0.15, -0.1) is 0 Å². The maximum absolute atomic E-state index is 13.7. The number of halogens is 2. The number of anilines is 1. The molecule has 3 nitrogen and oxygen atoms in total. The molecule has 2 atom stereocenters. The van der Waals surface area contributed by atoms with E-state index in [1.807, 2.05) is 0 Å². The van der Waals surface area contributed by atoms with E-state index >= 15 is 0 Å². The molecule has 2 aliphatic rings. The molecular weight excluding hydrogens is 313 g/mol. The lowest BCUT2D eigenvalue weighted by molar-refractivity contribution is -0.133. The number of fused-ring (bicyclic) bond motifs is 2. The predicted molar refractivity (Wildman–Crippen MR) is 72.2 cm³/mol. The number of amides is 2. The van der Waals surface area contributed by atoms with Crippen LogP contribution in [0.4, 0.5) is 10.1 Å². The minimum Gasteiger partial charge on any atom is -0.274 e. The van der Waals surface area contributed by atoms with E-state index in [1.165, 1.54) is 11.0 Å². The van der Waals surface area contributed by atoms with Gasteiger partial charge in [0.25, 0.3) is 0 Å². The Labute approximate surface area is 118 Å². The molecule has 19 heavy (non-hydrogen) atoms. The molecule has 1 aromatic rings. The van der Waals surface area contributed by atoms with E-state index in [4.69, 9.17) is 0 Å². The molecule has 1 saturated heterocycles. The SMILES string of the molecule is Cc1cc(Br)c(F)cc1N1C(=O)C2CCC(C2)C1=O. The van der Waals surface area contributed by atoms with Gasteiger partial charge in [-0.3, -0.25) is 9.59 Å². The number of piperidine rings is 1. The fraction of sp³-hybridized carbons (Fsp3) is 0.429. The van der Waals surface area contributed by atoms with E-state index in [1.54, 1.807) is 13.0 Å². The van der Waals surface area contributed by atoms with Crippen molar-refractivity contribution in [2.75, 3.05) is 4.90 Å². The fourth-order valence-electron chi connectivity index (χ4n) is 3.02. The standard InChI is InChI=1S/C14H13BrFNO2/c1-7-4-10(15)11(16)6-12(7)17-13(18)8-2-3-9(5-8)14(17)19/h4,6,8-9H,2-3,5H2,1H3. The third kappa shape index (κ3) is 1.91. The summed E-state index contributed by atoms with van der Waals surface area (Å²) >= 11 is 3.11. The number of benzene rings is 1. The predicted octanol–water partition coefficient (Wildman–Crippen LogP) is 3.19. The first-order valence-electron chi connectivity index (χ1n) is 6.32. The van der Waals surface area contributed by atoms with Crippen molar-refractivity contribution in [3.8, 4) is 0 Å². The van der Waals surface area contributed by atoms with Gasteiger partial charge >= 0.3 is 0 Å². The van der Waals surface area contributed by atoms with Crippen molar-refractivity contribution in [1.29, 1.82) is 0 Å². The number of imide groups is 1. The number of hydrogen-bond acceptors (Lipinski definition) is 2. The molecule has 2 unspecified atom stereocenters. The summed E-state index contributed by atoms with van der Waals surface area (Å²) in [5.74, 6) is -0.964. The molecule has 1 saturated carbocycles. The lowest BCUT2D eigenvalue weighted by atomic mass is 9.96. The van der Waals surface area contributed by atoms with Crippen molar-refractivity contribution in [3.63, 3.8) is 0 Å². The number of aryl methyl sites for hydroxylation is 1. The van der Waals surface area contributed by atoms with E-state index in [9.17, 15) is 14.0 Å². The van der Waals surface area contributed by atoms with E-state index in [0.717, 1.165) is 18.4 Å². The van der Waals surface area contributed by atoms with E-state index in [0.29, 0.717) is 16.6 Å². The van der Waals surface area contributed by atoms with Crippen LogP contribution in [-0.2, 0) is 9.59 Å². The van der Waals surface area contributed by atoms with Crippen LogP contribution in [0.2, 0.25) is 0 Å². The molecule has 0 N–H and O–H groups in total. The molecule has 0 spiro atoms. The van der Waals surface area contributed by atoms with Crippen molar-refractivity contribution < 1.29 is 14.0 Å². The first kappa shape index (κ1) is 12.8. The lowest BCUT2D eigenvalue weighted by Gasteiger charge is -2.30. The quantitative estimate of drug-likeness (QED) is 0.744. The highest BCUT2D eigenvalue weighted by molar-refractivity contribution is 9.10. The van der Waals surface area contributed by atoms with Crippen molar-refractivity contribution in [2.24, 2.45) is 11.8 Å². The molecule has 5 heteroatoms. The maximum Gasteiger partial charge on any atom is 0.236 e. The third-order valence-electron chi connectivity index (χ3n) is 4.05. The Morgan fingerprint density at radius 3 is 2.37 bits per heavy atom. The van der Waals surface area contributed by atoms with Gasteiger partial charge in [-0.2, -0.15) is 0 Å². The molecule has 1 heterocycles. The van der Waals surface area contributed by atoms with Gasteiger partial charge in [0.1, 0.15) is 5.82 Å². The van der Waals surface area contributed by atoms with E-state index in [-0.39, 0.29) is 23.7 Å². The van der Waals surface area contributed by atoms with Gasteiger partial charge in [0.2, 0.25) is 11.8 Å². The van der Waals surface area contributed by atoms with E-state index < -0.39 is 5.82 Å². The Morgan fingerprint density at radius 1 is 1.21 bits per heavy atom. The molecule has 3 rings (SSSR count). The highest BCUT2D eigenvalue weighted by Gasteiger charge is 2.46. The summed E-state index contributed by atoms with van der Waals surface area (Å²) in [6.45, 7) is 1.77. The number of nitrogens with zero attached hydrogens (tertiary/aromatic N) is 1. The minimum absolute atomic E-state index is 0.0752. The summed E-state index contributed by atoms with van der Waals surface area (Å²) in [7, 11) is 0. The van der Waals surface area contributed by atoms with Gasteiger partial charge in [-0.1, -0.05) is 0 Å². The second kappa shape index (κ2) is 4.40. The first-order chi connectivity index (χ1) is 8.99. The Hall–Kier alpha value is -1.23. The Balaban J connectivity index is 2.08. The smallest absolute Gasteiger partial charge is 0.236 e. The van der Waals surface area contributed by atoms with Gasteiger partial charge < -0.3 is 0 Å². The highest BCUT2D eigenvalue weighted by Crippen LogP contribution is 2.41. The molecular formula is C14H13BrFNO2. The zero-order valence-electron chi connectivity index (χ0n) is 10.5. The number of hydrogen-bond donors (Lipinski definition) is 0. The van der Waals surface area contributed by atoms with Crippen molar-refractivity contribution in [3.05, 3.63) is 28.0 Å². The molecule has 1 aliphatic heterocycles. The van der Waals surface area contributed by atoms with Crippen molar-refractivity contribution >= 4 is 33.4 Å². The van der Waals surface area contributed by atoms with Crippen molar-refractivity contribution in [2.45, 2.75) is 26.2 Å². The van der Waals surface area contributed by atoms with Crippen LogP contribution in [-0.4, -0.2) is 11.8 Å². The third-order valence-corrected chi connectivity index (χ3v) is 4.66. The van der Waals surface area contributed by atoms with Crippen LogP contribution in [0.25, 0.3) is 0 Å². The molecule has 0 aromatic heterocycles. The monoisotopic (exact) mass is 325 g/mol. The second-order valence-corrected chi connectivity index (χ2v) is 6.13. The van der Waals surface area contributed by atoms with Gasteiger partial charge in [-0.05, 0) is 59.8 Å². The largest absolute Gasteiger partial charge is 0.274 e. The average molecular weight is 326 g/mol. The molecule has 1 aromatic carbocycles. The lowest BCUT2D eigenvalue weighted by Crippen LogP contribution is -2.46. The van der Waals surface area contributed by atoms with Crippen LogP contribution < -0.4 is 4.90 Å². The Kier molecular flexibility index (Phi) is 2.96. The van der Waals surface area contributed by atoms with Gasteiger partial charge in [0, 0.05) is 11.8 Å². The number of carbonyl (C=O) groups is 2. The fourth-order valence-corrected chi connectivity index (χ4v) is 3.48. The Bertz CT molecular complexity index is 565. The zero-order chi connectivity index (χ0) is 13.7. The normalized spacial score (nSPS) is 26.2. The van der Waals surface area contributed by atoms with E-state index in [2.05, 4.69) is 15.9 Å². The first-order valence-corrected chi connectivity index (χ1v) is 7.12. The van der Waals surface area contributed by atoms with Crippen LogP contribution in [0.15, 0.2) is 16.6 Å². The summed E-state index contributed by atoms with van der Waals surface area (Å²) in [6, 6.07) is 2.86. The van der Waals surface area contributed by atoms with Crippen LogP contribution >= 0.6 is 15.9 Å². The number of carbonyl (C=O) groups excluding carboxylic acids is 2. The van der Waals surface area contributed by atoms with Crippen LogP contribution in [0, 0.1) is 24.6 Å². The summed E-state index contributed by atoms with van der Waals surface area (Å²) in [5, 5.41) is 0. The second-order valence-electron chi connectivity index (χ2n) is 5.27. The van der Waals surface area contributed by atoms with Crippen LogP contribution in [0.3, 0.4) is 0 Å². The molecule has 2 fully saturated rings. The van der Waals surface area contributed by atoms with Crippen LogP contribution in [0.5, 0.6) is 0 Å². The summed E-state index contributed by atoms with van der Waals surface area (Å²) in [6.07, 6.45) is 2.19. The highest BCUT2D eigenvalue weighted by atomic mass is 79.9. The molecule has 1 aliphatic carbocycles. The summed E-state index contributed by atoms with van der Waals surface area (Å²) < 4.78 is 14.0. The molecule has 2 amide bonds.